The summed E-state index contributed by atoms with van der Waals surface area (Å²) in [7, 11) is -6.08. The second-order valence-corrected chi connectivity index (χ2v) is 8.97. The first kappa shape index (κ1) is 26.2. The van der Waals surface area contributed by atoms with Crippen molar-refractivity contribution >= 4 is 35.1 Å². The van der Waals surface area contributed by atoms with Crippen molar-refractivity contribution in [1.82, 2.24) is 14.3 Å². The lowest BCUT2D eigenvalue weighted by atomic mass is 9.78. The Kier molecular flexibility index (Phi) is 9.15. The van der Waals surface area contributed by atoms with Gasteiger partial charge in [0.1, 0.15) is 11.6 Å². The average Bonchev–Trinajstić information content (AvgIpc) is 2.97. The molecule has 1 heterocycles. The maximum absolute atomic E-state index is 12.6. The lowest BCUT2D eigenvalue weighted by molar-refractivity contribution is -0.144. The van der Waals surface area contributed by atoms with E-state index in [1.807, 2.05) is 0 Å². The molecular weight excluding hydrogens is 423 g/mol. The van der Waals surface area contributed by atoms with Gasteiger partial charge in [-0.15, -0.1) is 0 Å². The van der Waals surface area contributed by atoms with E-state index in [2.05, 4.69) is 5.32 Å². The van der Waals surface area contributed by atoms with Gasteiger partial charge in [-0.05, 0) is 19.7 Å². The predicted octanol–water partition coefficient (Wildman–Crippen LogP) is -4.89. The molecule has 0 aromatic carbocycles. The van der Waals surface area contributed by atoms with Crippen LogP contribution in [0, 0.1) is 5.92 Å². The maximum atomic E-state index is 12.6. The molecule has 2 amide bonds. The van der Waals surface area contributed by atoms with Crippen LogP contribution in [0.25, 0.3) is 0 Å². The zero-order chi connectivity index (χ0) is 23.3. The van der Waals surface area contributed by atoms with Gasteiger partial charge in [0, 0.05) is 25.6 Å². The molecular formula is C14H29BN6O8S. The van der Waals surface area contributed by atoms with Gasteiger partial charge in [-0.1, -0.05) is 6.42 Å². The highest BCUT2D eigenvalue weighted by molar-refractivity contribution is 7.87. The first-order chi connectivity index (χ1) is 13.7. The lowest BCUT2D eigenvalue weighted by Crippen LogP contribution is -2.57. The normalized spacial score (nSPS) is 24.1. The molecule has 0 aromatic heterocycles. The summed E-state index contributed by atoms with van der Waals surface area (Å²) in [4.78, 5) is 35.6. The standard InChI is InChI=1S/C14H29BN6O8S/c1-8(17)11(22)19-10(5-16)12(23)20-30(28,29)21-6-9(3-2-4-15(26)27)14(18,7-21)13(24)25/h8-10,26-27H,2-7,16-18H2,1H3,(H,19,22)(H,20,23)(H,24,25)/t8-,9-,10-,14-/m0/s1. The molecule has 1 rings (SSSR count). The molecule has 16 heteroatoms. The highest BCUT2D eigenvalue weighted by atomic mass is 32.2. The zero-order valence-corrected chi connectivity index (χ0v) is 17.3. The third-order valence-corrected chi connectivity index (χ3v) is 6.27. The minimum atomic E-state index is -4.50. The summed E-state index contributed by atoms with van der Waals surface area (Å²) in [5, 5.41) is 29.5. The number of nitrogens with one attached hydrogen (secondary N) is 2. The van der Waals surface area contributed by atoms with Gasteiger partial charge in [0.2, 0.25) is 5.91 Å². The highest BCUT2D eigenvalue weighted by Crippen LogP contribution is 2.31. The Hall–Kier alpha value is -1.82. The summed E-state index contributed by atoms with van der Waals surface area (Å²) < 4.78 is 27.7. The van der Waals surface area contributed by atoms with Gasteiger partial charge in [-0.3, -0.25) is 14.4 Å². The molecule has 0 radical (unpaired) electrons. The van der Waals surface area contributed by atoms with Crippen LogP contribution >= 0.6 is 0 Å². The van der Waals surface area contributed by atoms with Crippen LogP contribution < -0.4 is 27.2 Å². The van der Waals surface area contributed by atoms with Crippen LogP contribution in [0.5, 0.6) is 0 Å². The zero-order valence-electron chi connectivity index (χ0n) is 16.5. The van der Waals surface area contributed by atoms with Crippen molar-refractivity contribution in [3.63, 3.8) is 0 Å². The number of hydrogen-bond donors (Lipinski definition) is 8. The Bertz CT molecular complexity index is 751. The van der Waals surface area contributed by atoms with Crippen molar-refractivity contribution in [2.24, 2.45) is 23.1 Å². The van der Waals surface area contributed by atoms with Crippen molar-refractivity contribution in [3.05, 3.63) is 0 Å². The monoisotopic (exact) mass is 452 g/mol. The fourth-order valence-electron chi connectivity index (χ4n) is 3.01. The van der Waals surface area contributed by atoms with Gasteiger partial charge >= 0.3 is 23.3 Å². The predicted molar refractivity (Wildman–Crippen MR) is 106 cm³/mol. The number of carboxylic acid groups (broad SMARTS) is 1. The van der Waals surface area contributed by atoms with E-state index in [-0.39, 0.29) is 25.7 Å². The summed E-state index contributed by atoms with van der Waals surface area (Å²) in [5.74, 6) is -4.08. The van der Waals surface area contributed by atoms with Crippen LogP contribution in [0.3, 0.4) is 0 Å². The lowest BCUT2D eigenvalue weighted by Gasteiger charge is -2.25. The number of carbonyl (C=O) groups is 3. The van der Waals surface area contributed by atoms with Gasteiger partial charge in [0.05, 0.1) is 6.04 Å². The van der Waals surface area contributed by atoms with E-state index in [9.17, 15) is 27.9 Å². The van der Waals surface area contributed by atoms with Crippen LogP contribution in [-0.4, -0.2) is 90.0 Å². The molecule has 0 spiro atoms. The van der Waals surface area contributed by atoms with Crippen LogP contribution in [0.1, 0.15) is 19.8 Å². The maximum Gasteiger partial charge on any atom is 0.451 e. The third kappa shape index (κ3) is 6.59. The van der Waals surface area contributed by atoms with Crippen LogP contribution in [-0.2, 0) is 24.6 Å². The number of rotatable bonds is 11. The van der Waals surface area contributed by atoms with E-state index in [1.54, 1.807) is 4.72 Å². The first-order valence-corrected chi connectivity index (χ1v) is 10.6. The van der Waals surface area contributed by atoms with Crippen LogP contribution in [0.15, 0.2) is 0 Å². The van der Waals surface area contributed by atoms with Gasteiger partial charge < -0.3 is 37.7 Å². The number of amides is 2. The molecule has 0 aliphatic carbocycles. The molecule has 0 aromatic rings. The quantitative estimate of drug-likeness (QED) is 0.138. The van der Waals surface area contributed by atoms with E-state index in [0.29, 0.717) is 0 Å². The fourth-order valence-corrected chi connectivity index (χ4v) is 4.30. The smallest absolute Gasteiger partial charge is 0.451 e. The van der Waals surface area contributed by atoms with E-state index in [1.165, 1.54) is 6.92 Å². The van der Waals surface area contributed by atoms with E-state index >= 15 is 0 Å². The van der Waals surface area contributed by atoms with Gasteiger partial charge in [0.25, 0.3) is 5.91 Å². The van der Waals surface area contributed by atoms with Crippen molar-refractivity contribution in [2.45, 2.75) is 43.7 Å². The topological polar surface area (TPSA) is 251 Å². The number of aliphatic carboxylic acids is 1. The van der Waals surface area contributed by atoms with Crippen LogP contribution in [0.4, 0.5) is 0 Å². The molecule has 30 heavy (non-hydrogen) atoms. The fraction of sp³-hybridized carbons (Fsp3) is 0.786. The number of nitrogens with zero attached hydrogens (tertiary/aromatic N) is 1. The molecule has 1 aliphatic heterocycles. The number of nitrogens with two attached hydrogens (primary N) is 3. The Morgan fingerprint density at radius 3 is 2.37 bits per heavy atom. The van der Waals surface area contributed by atoms with Gasteiger partial charge in [0.15, 0.2) is 0 Å². The average molecular weight is 452 g/mol. The second kappa shape index (κ2) is 10.5. The summed E-state index contributed by atoms with van der Waals surface area (Å²) in [6, 6.07) is -2.32. The van der Waals surface area contributed by atoms with Gasteiger partial charge in [-0.25, -0.2) is 4.72 Å². The molecule has 0 unspecified atom stereocenters. The van der Waals surface area contributed by atoms with E-state index in [4.69, 9.17) is 27.2 Å². The minimum Gasteiger partial charge on any atom is -0.480 e. The van der Waals surface area contributed by atoms with Crippen molar-refractivity contribution in [3.8, 4) is 0 Å². The number of hydrogen-bond acceptors (Lipinski definition) is 10. The third-order valence-electron chi connectivity index (χ3n) is 4.86. The van der Waals surface area contributed by atoms with Crippen molar-refractivity contribution in [2.75, 3.05) is 19.6 Å². The summed E-state index contributed by atoms with van der Waals surface area (Å²) in [5.41, 5.74) is 14.8. The molecule has 172 valence electrons. The summed E-state index contributed by atoms with van der Waals surface area (Å²) >= 11 is 0. The van der Waals surface area contributed by atoms with Gasteiger partial charge in [-0.2, -0.15) is 12.7 Å². The van der Waals surface area contributed by atoms with E-state index in [0.717, 1.165) is 4.31 Å². The molecule has 1 aliphatic rings. The highest BCUT2D eigenvalue weighted by Gasteiger charge is 2.52. The van der Waals surface area contributed by atoms with Crippen molar-refractivity contribution < 1.29 is 38.0 Å². The van der Waals surface area contributed by atoms with Crippen molar-refractivity contribution in [1.29, 1.82) is 0 Å². The molecule has 4 atom stereocenters. The Morgan fingerprint density at radius 1 is 1.30 bits per heavy atom. The molecule has 0 saturated carbocycles. The Morgan fingerprint density at radius 2 is 1.90 bits per heavy atom. The number of carbonyl (C=O) groups excluding carboxylic acids is 2. The summed E-state index contributed by atoms with van der Waals surface area (Å²) in [6.45, 7) is 0.0650. The first-order valence-electron chi connectivity index (χ1n) is 9.20. The molecule has 11 N–H and O–H groups in total. The summed E-state index contributed by atoms with van der Waals surface area (Å²) in [6.07, 6.45) is 0.288. The van der Waals surface area contributed by atoms with E-state index < -0.39 is 71.7 Å². The van der Waals surface area contributed by atoms with Crippen LogP contribution in [0.2, 0.25) is 6.32 Å². The Labute approximate surface area is 174 Å². The largest absolute Gasteiger partial charge is 0.480 e. The Balaban J connectivity index is 2.91. The SMILES string of the molecule is C[C@H](N)C(=O)N[C@@H](CN)C(=O)NS(=O)(=O)N1C[C@H](CCCB(O)O)[C@](N)(C(=O)O)C1. The molecule has 14 nitrogen and oxygen atoms in total. The number of carboxylic acids is 1. The molecule has 1 fully saturated rings. The molecule has 0 bridgehead atoms. The molecule has 1 saturated heterocycles. The second-order valence-electron chi connectivity index (χ2n) is 7.30. The minimum absolute atomic E-state index is 0.0346.